The fraction of sp³-hybridized carbons (Fsp3) is 0.600. The molecule has 0 radical (unpaired) electrons. The van der Waals surface area contributed by atoms with Crippen LogP contribution >= 0.6 is 0 Å². The Labute approximate surface area is 125 Å². The molecule has 0 bridgehead atoms. The fourth-order valence-corrected chi connectivity index (χ4v) is 2.53. The van der Waals surface area contributed by atoms with Gasteiger partial charge in [-0.2, -0.15) is 0 Å². The number of nitrogens with one attached hydrogen (secondary N) is 1. The summed E-state index contributed by atoms with van der Waals surface area (Å²) in [4.78, 5) is 13.3. The number of anilines is 1. The summed E-state index contributed by atoms with van der Waals surface area (Å²) in [7, 11) is 2.10. The van der Waals surface area contributed by atoms with Crippen LogP contribution in [0.1, 0.15) is 26.2 Å². The smallest absolute Gasteiger partial charge is 0.333 e. The lowest BCUT2D eigenvalue weighted by atomic mass is 10.0. The Morgan fingerprint density at radius 3 is 2.76 bits per heavy atom. The third-order valence-corrected chi connectivity index (χ3v) is 3.72. The minimum absolute atomic E-state index is 0.0462. The summed E-state index contributed by atoms with van der Waals surface area (Å²) in [5.74, 6) is 0.347. The molecule has 21 heavy (non-hydrogen) atoms. The lowest BCUT2D eigenvalue weighted by Gasteiger charge is -2.30. The number of nitrogens with zero attached hydrogens (tertiary/aromatic N) is 2. The average molecular weight is 293 g/mol. The minimum atomic E-state index is -0.359. The van der Waals surface area contributed by atoms with Gasteiger partial charge in [0.1, 0.15) is 5.69 Å². The quantitative estimate of drug-likeness (QED) is 0.645. The number of benzene rings is 1. The van der Waals surface area contributed by atoms with Crippen LogP contribution in [-0.2, 0) is 0 Å². The summed E-state index contributed by atoms with van der Waals surface area (Å²) in [5, 5.41) is 14.7. The molecule has 2 rings (SSSR count). The molecule has 0 unspecified atom stereocenters. The standard InChI is InChI=1S/C15H23N3O3/c1-3-11-21-14-6-4-5-13(15(14)18(19)20)16-12-7-9-17(2)10-8-12/h4-6,12,16H,3,7-11H2,1-2H3. The van der Waals surface area contributed by atoms with E-state index < -0.39 is 0 Å². The maximum Gasteiger partial charge on any atom is 0.333 e. The van der Waals surface area contributed by atoms with Crippen molar-refractivity contribution in [2.75, 3.05) is 32.1 Å². The number of rotatable bonds is 6. The van der Waals surface area contributed by atoms with Gasteiger partial charge in [0.05, 0.1) is 11.5 Å². The summed E-state index contributed by atoms with van der Waals surface area (Å²) in [5.41, 5.74) is 0.605. The Bertz CT molecular complexity index is 485. The highest BCUT2D eigenvalue weighted by atomic mass is 16.6. The van der Waals surface area contributed by atoms with Gasteiger partial charge in [-0.1, -0.05) is 13.0 Å². The van der Waals surface area contributed by atoms with Crippen LogP contribution in [0.5, 0.6) is 5.75 Å². The summed E-state index contributed by atoms with van der Waals surface area (Å²) < 4.78 is 5.50. The van der Waals surface area contributed by atoms with E-state index in [1.165, 1.54) is 0 Å². The first-order chi connectivity index (χ1) is 10.1. The number of piperidine rings is 1. The van der Waals surface area contributed by atoms with Gasteiger partial charge in [-0.3, -0.25) is 10.1 Å². The van der Waals surface area contributed by atoms with Crippen molar-refractivity contribution in [3.63, 3.8) is 0 Å². The van der Waals surface area contributed by atoms with Crippen molar-refractivity contribution in [3.05, 3.63) is 28.3 Å². The Kier molecular flexibility index (Phi) is 5.38. The molecule has 0 spiro atoms. The van der Waals surface area contributed by atoms with Gasteiger partial charge in [0, 0.05) is 6.04 Å². The number of para-hydroxylation sites is 1. The summed E-state index contributed by atoms with van der Waals surface area (Å²) in [6, 6.07) is 5.50. The average Bonchev–Trinajstić information content (AvgIpc) is 2.47. The van der Waals surface area contributed by atoms with Crippen molar-refractivity contribution < 1.29 is 9.66 Å². The fourth-order valence-electron chi connectivity index (χ4n) is 2.53. The summed E-state index contributed by atoms with van der Waals surface area (Å²) >= 11 is 0. The van der Waals surface area contributed by atoms with Crippen molar-refractivity contribution in [2.45, 2.75) is 32.2 Å². The molecule has 1 aliphatic heterocycles. The van der Waals surface area contributed by atoms with Crippen molar-refractivity contribution in [3.8, 4) is 5.75 Å². The molecular formula is C15H23N3O3. The zero-order chi connectivity index (χ0) is 15.2. The van der Waals surface area contributed by atoms with Gasteiger partial charge in [0.15, 0.2) is 5.75 Å². The first-order valence-electron chi connectivity index (χ1n) is 7.47. The second-order valence-electron chi connectivity index (χ2n) is 5.48. The molecule has 6 nitrogen and oxygen atoms in total. The van der Waals surface area contributed by atoms with Crippen LogP contribution in [-0.4, -0.2) is 42.6 Å². The Hall–Kier alpha value is -1.82. The van der Waals surface area contributed by atoms with Gasteiger partial charge in [-0.05, 0) is 51.5 Å². The van der Waals surface area contributed by atoms with E-state index >= 15 is 0 Å². The van der Waals surface area contributed by atoms with Gasteiger partial charge in [-0.15, -0.1) is 0 Å². The molecule has 1 aromatic carbocycles. The summed E-state index contributed by atoms with van der Waals surface area (Å²) in [6.07, 6.45) is 2.81. The van der Waals surface area contributed by atoms with E-state index in [1.807, 2.05) is 6.92 Å². The molecule has 116 valence electrons. The number of ether oxygens (including phenoxy) is 1. The largest absolute Gasteiger partial charge is 0.487 e. The predicted octanol–water partition coefficient (Wildman–Crippen LogP) is 2.89. The van der Waals surface area contributed by atoms with Crippen molar-refractivity contribution in [1.82, 2.24) is 4.90 Å². The number of hydrogen-bond acceptors (Lipinski definition) is 5. The lowest BCUT2D eigenvalue weighted by molar-refractivity contribution is -0.385. The predicted molar refractivity (Wildman–Crippen MR) is 83.0 cm³/mol. The molecule has 0 aliphatic carbocycles. The maximum atomic E-state index is 11.4. The van der Waals surface area contributed by atoms with Crippen LogP contribution in [0.3, 0.4) is 0 Å². The monoisotopic (exact) mass is 293 g/mol. The lowest BCUT2D eigenvalue weighted by Crippen LogP contribution is -2.36. The van der Waals surface area contributed by atoms with E-state index in [0.29, 0.717) is 18.0 Å². The molecular weight excluding hydrogens is 270 g/mol. The second-order valence-corrected chi connectivity index (χ2v) is 5.48. The molecule has 1 saturated heterocycles. The maximum absolute atomic E-state index is 11.4. The van der Waals surface area contributed by atoms with Crippen LogP contribution < -0.4 is 10.1 Å². The Balaban J connectivity index is 2.16. The normalized spacial score (nSPS) is 16.7. The van der Waals surface area contributed by atoms with E-state index in [4.69, 9.17) is 4.74 Å². The third-order valence-electron chi connectivity index (χ3n) is 3.72. The van der Waals surface area contributed by atoms with Gasteiger partial charge < -0.3 is 15.0 Å². The van der Waals surface area contributed by atoms with Crippen LogP contribution in [0, 0.1) is 10.1 Å². The topological polar surface area (TPSA) is 67.6 Å². The van der Waals surface area contributed by atoms with E-state index in [-0.39, 0.29) is 16.7 Å². The molecule has 1 aliphatic rings. The second kappa shape index (κ2) is 7.26. The van der Waals surface area contributed by atoms with Crippen LogP contribution in [0.2, 0.25) is 0 Å². The third kappa shape index (κ3) is 4.07. The van der Waals surface area contributed by atoms with Crippen LogP contribution in [0.4, 0.5) is 11.4 Å². The van der Waals surface area contributed by atoms with Gasteiger partial charge in [-0.25, -0.2) is 0 Å². The minimum Gasteiger partial charge on any atom is -0.487 e. The molecule has 1 fully saturated rings. The van der Waals surface area contributed by atoms with E-state index in [9.17, 15) is 10.1 Å². The molecule has 1 aromatic rings. The highest BCUT2D eigenvalue weighted by Crippen LogP contribution is 2.35. The van der Waals surface area contributed by atoms with Gasteiger partial charge >= 0.3 is 5.69 Å². The summed E-state index contributed by atoms with van der Waals surface area (Å²) in [6.45, 7) is 4.49. The molecule has 0 saturated carbocycles. The van der Waals surface area contributed by atoms with Gasteiger partial charge in [0.2, 0.25) is 0 Å². The number of likely N-dealkylation sites (tertiary alicyclic amines) is 1. The van der Waals surface area contributed by atoms with Crippen LogP contribution in [0.25, 0.3) is 0 Å². The number of nitro benzene ring substituents is 1. The Morgan fingerprint density at radius 2 is 2.14 bits per heavy atom. The van der Waals surface area contributed by atoms with E-state index in [0.717, 1.165) is 32.4 Å². The molecule has 1 heterocycles. The van der Waals surface area contributed by atoms with E-state index in [2.05, 4.69) is 17.3 Å². The molecule has 0 amide bonds. The van der Waals surface area contributed by atoms with Crippen molar-refractivity contribution in [1.29, 1.82) is 0 Å². The van der Waals surface area contributed by atoms with E-state index in [1.54, 1.807) is 18.2 Å². The highest BCUT2D eigenvalue weighted by Gasteiger charge is 2.24. The first kappa shape index (κ1) is 15.6. The molecule has 0 aromatic heterocycles. The number of hydrogen-bond donors (Lipinski definition) is 1. The molecule has 0 atom stereocenters. The zero-order valence-corrected chi connectivity index (χ0v) is 12.7. The van der Waals surface area contributed by atoms with Gasteiger partial charge in [0.25, 0.3) is 0 Å². The highest BCUT2D eigenvalue weighted by molar-refractivity contribution is 5.68. The molecule has 1 N–H and O–H groups in total. The Morgan fingerprint density at radius 1 is 1.43 bits per heavy atom. The zero-order valence-electron chi connectivity index (χ0n) is 12.7. The van der Waals surface area contributed by atoms with Crippen molar-refractivity contribution in [2.24, 2.45) is 0 Å². The SMILES string of the molecule is CCCOc1cccc(NC2CCN(C)CC2)c1[N+](=O)[O-]. The first-order valence-corrected chi connectivity index (χ1v) is 7.47. The number of nitro groups is 1. The van der Waals surface area contributed by atoms with Crippen molar-refractivity contribution >= 4 is 11.4 Å². The van der Waals surface area contributed by atoms with Crippen LogP contribution in [0.15, 0.2) is 18.2 Å². The molecule has 6 heteroatoms.